The van der Waals surface area contributed by atoms with Crippen LogP contribution in [0, 0.1) is 0 Å². The lowest BCUT2D eigenvalue weighted by atomic mass is 10.2. The number of pyridine rings is 1. The van der Waals surface area contributed by atoms with Crippen LogP contribution in [-0.4, -0.2) is 35.0 Å². The number of rotatable bonds is 9. The van der Waals surface area contributed by atoms with Crippen molar-refractivity contribution in [3.63, 3.8) is 0 Å². The second-order valence-corrected chi connectivity index (χ2v) is 6.09. The third-order valence-electron chi connectivity index (χ3n) is 3.68. The van der Waals surface area contributed by atoms with Crippen LogP contribution in [0.15, 0.2) is 48.8 Å². The zero-order chi connectivity index (χ0) is 18.1. The largest absolute Gasteiger partial charge is 0.494 e. The van der Waals surface area contributed by atoms with Crippen molar-refractivity contribution >= 4 is 5.91 Å². The number of hydrogen-bond donors (Lipinski definition) is 0. The first kappa shape index (κ1) is 18.8. The van der Waals surface area contributed by atoms with Crippen LogP contribution in [0.2, 0.25) is 0 Å². The SMILES string of the molecule is CCCOc1ccc(OCC(=O)N(Cc2cccnc2)C(C)C)cc1. The molecule has 0 atom stereocenters. The molecule has 134 valence electrons. The third kappa shape index (κ3) is 6.10. The molecule has 5 nitrogen and oxygen atoms in total. The summed E-state index contributed by atoms with van der Waals surface area (Å²) in [6.45, 7) is 7.28. The van der Waals surface area contributed by atoms with Crippen molar-refractivity contribution in [2.45, 2.75) is 39.8 Å². The Hall–Kier alpha value is -2.56. The van der Waals surface area contributed by atoms with Gasteiger partial charge in [0.2, 0.25) is 0 Å². The average Bonchev–Trinajstić information content (AvgIpc) is 2.64. The van der Waals surface area contributed by atoms with Crippen LogP contribution in [0.25, 0.3) is 0 Å². The molecule has 0 N–H and O–H groups in total. The second kappa shape index (κ2) is 9.67. The smallest absolute Gasteiger partial charge is 0.261 e. The zero-order valence-corrected chi connectivity index (χ0v) is 15.1. The topological polar surface area (TPSA) is 51.7 Å². The molecule has 0 saturated heterocycles. The van der Waals surface area contributed by atoms with Gasteiger partial charge in [-0.3, -0.25) is 9.78 Å². The molecular weight excluding hydrogens is 316 g/mol. The Morgan fingerprint density at radius 3 is 2.36 bits per heavy atom. The lowest BCUT2D eigenvalue weighted by Crippen LogP contribution is -2.39. The van der Waals surface area contributed by atoms with Gasteiger partial charge < -0.3 is 14.4 Å². The van der Waals surface area contributed by atoms with Crippen LogP contribution in [0.4, 0.5) is 0 Å². The highest BCUT2D eigenvalue weighted by molar-refractivity contribution is 5.78. The van der Waals surface area contributed by atoms with Gasteiger partial charge in [-0.05, 0) is 56.2 Å². The maximum atomic E-state index is 12.5. The van der Waals surface area contributed by atoms with Crippen molar-refractivity contribution in [2.24, 2.45) is 0 Å². The fourth-order valence-electron chi connectivity index (χ4n) is 2.33. The van der Waals surface area contributed by atoms with E-state index in [9.17, 15) is 4.79 Å². The standard InChI is InChI=1S/C20H26N2O3/c1-4-12-24-18-7-9-19(10-8-18)25-15-20(23)22(16(2)3)14-17-6-5-11-21-13-17/h5-11,13,16H,4,12,14-15H2,1-3H3. The minimum absolute atomic E-state index is 0.00755. The van der Waals surface area contributed by atoms with E-state index in [4.69, 9.17) is 9.47 Å². The predicted molar refractivity (Wildman–Crippen MR) is 97.6 cm³/mol. The summed E-state index contributed by atoms with van der Waals surface area (Å²) in [5.41, 5.74) is 1.00. The summed E-state index contributed by atoms with van der Waals surface area (Å²) in [6, 6.07) is 11.3. The number of amides is 1. The minimum Gasteiger partial charge on any atom is -0.494 e. The molecule has 0 spiro atoms. The summed E-state index contributed by atoms with van der Waals surface area (Å²) in [4.78, 5) is 18.4. The Kier molecular flexibility index (Phi) is 7.26. The quantitative estimate of drug-likeness (QED) is 0.697. The monoisotopic (exact) mass is 342 g/mol. The Balaban J connectivity index is 1.90. The van der Waals surface area contributed by atoms with E-state index >= 15 is 0 Å². The number of carbonyl (C=O) groups excluding carboxylic acids is 1. The number of carbonyl (C=O) groups is 1. The molecule has 0 unspecified atom stereocenters. The zero-order valence-electron chi connectivity index (χ0n) is 15.1. The molecule has 0 saturated carbocycles. The molecule has 1 amide bonds. The Bertz CT molecular complexity index is 642. The molecule has 0 aliphatic carbocycles. The summed E-state index contributed by atoms with van der Waals surface area (Å²) in [5, 5.41) is 0. The molecule has 25 heavy (non-hydrogen) atoms. The maximum absolute atomic E-state index is 12.5. The fourth-order valence-corrected chi connectivity index (χ4v) is 2.33. The predicted octanol–water partition coefficient (Wildman–Crippen LogP) is 3.69. The molecule has 0 radical (unpaired) electrons. The second-order valence-electron chi connectivity index (χ2n) is 6.09. The van der Waals surface area contributed by atoms with Crippen LogP contribution in [-0.2, 0) is 11.3 Å². The summed E-state index contributed by atoms with van der Waals surface area (Å²) in [7, 11) is 0. The summed E-state index contributed by atoms with van der Waals surface area (Å²) < 4.78 is 11.2. The molecule has 1 heterocycles. The van der Waals surface area contributed by atoms with Crippen LogP contribution >= 0.6 is 0 Å². The summed E-state index contributed by atoms with van der Waals surface area (Å²) in [6.07, 6.45) is 4.47. The van der Waals surface area contributed by atoms with Crippen molar-refractivity contribution in [1.82, 2.24) is 9.88 Å². The third-order valence-corrected chi connectivity index (χ3v) is 3.68. The van der Waals surface area contributed by atoms with Crippen LogP contribution in [0.5, 0.6) is 11.5 Å². The van der Waals surface area contributed by atoms with E-state index in [1.807, 2.05) is 50.2 Å². The number of ether oxygens (including phenoxy) is 2. The van der Waals surface area contributed by atoms with Gasteiger partial charge in [-0.25, -0.2) is 0 Å². The van der Waals surface area contributed by atoms with Gasteiger partial charge in [0, 0.05) is 25.0 Å². The normalized spacial score (nSPS) is 10.6. The number of nitrogens with zero attached hydrogens (tertiary/aromatic N) is 2. The van der Waals surface area contributed by atoms with E-state index < -0.39 is 0 Å². The summed E-state index contributed by atoms with van der Waals surface area (Å²) >= 11 is 0. The lowest BCUT2D eigenvalue weighted by molar-refractivity contribution is -0.135. The Morgan fingerprint density at radius 1 is 1.12 bits per heavy atom. The van der Waals surface area contributed by atoms with E-state index in [1.54, 1.807) is 17.3 Å². The average molecular weight is 342 g/mol. The van der Waals surface area contributed by atoms with E-state index in [0.29, 0.717) is 18.9 Å². The van der Waals surface area contributed by atoms with Crippen molar-refractivity contribution in [3.05, 3.63) is 54.4 Å². The summed E-state index contributed by atoms with van der Waals surface area (Å²) in [5.74, 6) is 1.41. The van der Waals surface area contributed by atoms with Crippen LogP contribution in [0.3, 0.4) is 0 Å². The van der Waals surface area contributed by atoms with E-state index in [0.717, 1.165) is 17.7 Å². The molecule has 2 aromatic rings. The van der Waals surface area contributed by atoms with Gasteiger partial charge in [-0.1, -0.05) is 13.0 Å². The Morgan fingerprint density at radius 2 is 1.80 bits per heavy atom. The maximum Gasteiger partial charge on any atom is 0.261 e. The van der Waals surface area contributed by atoms with Crippen LogP contribution in [0.1, 0.15) is 32.8 Å². The van der Waals surface area contributed by atoms with E-state index in [-0.39, 0.29) is 18.6 Å². The molecule has 1 aromatic heterocycles. The van der Waals surface area contributed by atoms with Gasteiger partial charge in [0.15, 0.2) is 6.61 Å². The van der Waals surface area contributed by atoms with E-state index in [2.05, 4.69) is 11.9 Å². The Labute approximate surface area is 149 Å². The molecule has 0 aliphatic rings. The first-order valence-electron chi connectivity index (χ1n) is 8.64. The molecule has 0 bridgehead atoms. The van der Waals surface area contributed by atoms with Crippen molar-refractivity contribution in [3.8, 4) is 11.5 Å². The number of benzene rings is 1. The van der Waals surface area contributed by atoms with E-state index in [1.165, 1.54) is 0 Å². The number of aromatic nitrogens is 1. The van der Waals surface area contributed by atoms with Gasteiger partial charge in [0.1, 0.15) is 11.5 Å². The van der Waals surface area contributed by atoms with Crippen molar-refractivity contribution in [2.75, 3.05) is 13.2 Å². The molecule has 5 heteroatoms. The highest BCUT2D eigenvalue weighted by Crippen LogP contribution is 2.18. The lowest BCUT2D eigenvalue weighted by Gasteiger charge is -2.26. The molecule has 1 aromatic carbocycles. The highest BCUT2D eigenvalue weighted by Gasteiger charge is 2.18. The van der Waals surface area contributed by atoms with Gasteiger partial charge >= 0.3 is 0 Å². The molecule has 2 rings (SSSR count). The van der Waals surface area contributed by atoms with Gasteiger partial charge in [-0.15, -0.1) is 0 Å². The van der Waals surface area contributed by atoms with Crippen molar-refractivity contribution in [1.29, 1.82) is 0 Å². The number of hydrogen-bond acceptors (Lipinski definition) is 4. The fraction of sp³-hybridized carbons (Fsp3) is 0.400. The van der Waals surface area contributed by atoms with Crippen molar-refractivity contribution < 1.29 is 14.3 Å². The van der Waals surface area contributed by atoms with Gasteiger partial charge in [0.05, 0.1) is 6.61 Å². The first-order valence-corrected chi connectivity index (χ1v) is 8.64. The first-order chi connectivity index (χ1) is 12.1. The molecule has 0 aliphatic heterocycles. The van der Waals surface area contributed by atoms with Gasteiger partial charge in [-0.2, -0.15) is 0 Å². The minimum atomic E-state index is -0.0508. The molecule has 0 fully saturated rings. The molecular formula is C20H26N2O3. The van der Waals surface area contributed by atoms with Crippen LogP contribution < -0.4 is 9.47 Å². The highest BCUT2D eigenvalue weighted by atomic mass is 16.5. The van der Waals surface area contributed by atoms with Gasteiger partial charge in [0.25, 0.3) is 5.91 Å².